The van der Waals surface area contributed by atoms with Crippen molar-refractivity contribution in [3.05, 3.63) is 24.0 Å². The highest BCUT2D eigenvalue weighted by Crippen LogP contribution is 2.32. The van der Waals surface area contributed by atoms with Gasteiger partial charge in [0, 0.05) is 17.4 Å². The number of anilines is 1. The van der Waals surface area contributed by atoms with Crippen LogP contribution in [0.2, 0.25) is 0 Å². The summed E-state index contributed by atoms with van der Waals surface area (Å²) in [5, 5.41) is 3.59. The third-order valence-electron chi connectivity index (χ3n) is 4.49. The number of thioether (sulfide) groups is 1. The zero-order valence-corrected chi connectivity index (χ0v) is 17.1. The average molecular weight is 395 g/mol. The van der Waals surface area contributed by atoms with Gasteiger partial charge in [-0.2, -0.15) is 0 Å². The van der Waals surface area contributed by atoms with Crippen LogP contribution >= 0.6 is 23.1 Å². The van der Waals surface area contributed by atoms with Gasteiger partial charge in [-0.1, -0.05) is 32.1 Å². The minimum absolute atomic E-state index is 0.0408. The number of thiazole rings is 1. The van der Waals surface area contributed by atoms with Crippen LogP contribution in [0.5, 0.6) is 0 Å². The number of rotatable bonds is 5. The molecule has 3 rings (SSSR count). The molecule has 0 radical (unpaired) electrons. The second-order valence-electron chi connectivity index (χ2n) is 7.74. The number of carbonyl (C=O) groups excluding carboxylic acids is 1. The van der Waals surface area contributed by atoms with Crippen molar-refractivity contribution in [2.24, 2.45) is 11.7 Å². The molecule has 142 valence electrons. The number of amides is 1. The van der Waals surface area contributed by atoms with Crippen molar-refractivity contribution in [1.82, 2.24) is 9.97 Å². The molecule has 0 saturated heterocycles. The van der Waals surface area contributed by atoms with Crippen LogP contribution in [0.3, 0.4) is 0 Å². The first-order chi connectivity index (χ1) is 12.3. The fraction of sp³-hybridized carbons (Fsp3) is 0.611. The number of hydrogen-bond donors (Lipinski definition) is 2. The summed E-state index contributed by atoms with van der Waals surface area (Å²) >= 11 is 3.10. The van der Waals surface area contributed by atoms with Crippen molar-refractivity contribution in [2.45, 2.75) is 67.9 Å². The summed E-state index contributed by atoms with van der Waals surface area (Å²) in [6, 6.07) is 0.246. The molecule has 1 aliphatic rings. The summed E-state index contributed by atoms with van der Waals surface area (Å²) in [6.07, 6.45) is 7.15. The lowest BCUT2D eigenvalue weighted by atomic mass is 9.86. The molecule has 3 N–H and O–H groups in total. The fourth-order valence-corrected chi connectivity index (χ4v) is 4.56. The van der Waals surface area contributed by atoms with Gasteiger partial charge in [0.2, 0.25) is 11.8 Å². The Kier molecular flexibility index (Phi) is 6.04. The van der Waals surface area contributed by atoms with Crippen LogP contribution in [0.4, 0.5) is 5.13 Å². The SMILES string of the molecule is CC(C)(C)c1cnc(CSc2cnc(NC(=O)[C@H]3CC[C@@H](N)CC3)s2)o1. The van der Waals surface area contributed by atoms with Gasteiger partial charge in [-0.05, 0) is 25.7 Å². The molecule has 0 atom stereocenters. The second kappa shape index (κ2) is 8.10. The van der Waals surface area contributed by atoms with Gasteiger partial charge < -0.3 is 15.5 Å². The molecule has 1 amide bonds. The maximum atomic E-state index is 12.3. The maximum absolute atomic E-state index is 12.3. The van der Waals surface area contributed by atoms with Crippen LogP contribution in [0, 0.1) is 5.92 Å². The van der Waals surface area contributed by atoms with Crippen LogP contribution in [-0.2, 0) is 16.0 Å². The van der Waals surface area contributed by atoms with Crippen molar-refractivity contribution < 1.29 is 9.21 Å². The Hall–Kier alpha value is -1.38. The molecule has 0 aromatic carbocycles. The molecule has 26 heavy (non-hydrogen) atoms. The summed E-state index contributed by atoms with van der Waals surface area (Å²) in [4.78, 5) is 21.0. The minimum Gasteiger partial charge on any atom is -0.444 e. The number of nitrogens with zero attached hydrogens (tertiary/aromatic N) is 2. The van der Waals surface area contributed by atoms with Gasteiger partial charge in [0.25, 0.3) is 0 Å². The molecule has 2 heterocycles. The lowest BCUT2D eigenvalue weighted by Gasteiger charge is -2.24. The highest BCUT2D eigenvalue weighted by atomic mass is 32.2. The number of hydrogen-bond acceptors (Lipinski definition) is 7. The predicted molar refractivity (Wildman–Crippen MR) is 105 cm³/mol. The van der Waals surface area contributed by atoms with E-state index >= 15 is 0 Å². The lowest BCUT2D eigenvalue weighted by Crippen LogP contribution is -2.32. The molecule has 1 saturated carbocycles. The Morgan fingerprint density at radius 3 is 2.69 bits per heavy atom. The number of carbonyl (C=O) groups is 1. The van der Waals surface area contributed by atoms with Gasteiger partial charge in [0.1, 0.15) is 5.76 Å². The molecular formula is C18H26N4O2S2. The first-order valence-corrected chi connectivity index (χ1v) is 10.7. The van der Waals surface area contributed by atoms with Gasteiger partial charge in [-0.15, -0.1) is 11.8 Å². The summed E-state index contributed by atoms with van der Waals surface area (Å²) in [5.41, 5.74) is 5.86. The highest BCUT2D eigenvalue weighted by molar-refractivity contribution is 8.00. The monoisotopic (exact) mass is 394 g/mol. The van der Waals surface area contributed by atoms with Gasteiger partial charge in [0.15, 0.2) is 5.13 Å². The highest BCUT2D eigenvalue weighted by Gasteiger charge is 2.25. The molecule has 2 aromatic rings. The van der Waals surface area contributed by atoms with Gasteiger partial charge in [-0.25, -0.2) is 9.97 Å². The van der Waals surface area contributed by atoms with Crippen molar-refractivity contribution >= 4 is 34.1 Å². The molecule has 2 aromatic heterocycles. The lowest BCUT2D eigenvalue weighted by molar-refractivity contribution is -0.120. The number of aromatic nitrogens is 2. The predicted octanol–water partition coefficient (Wildman–Crippen LogP) is 4.18. The summed E-state index contributed by atoms with van der Waals surface area (Å²) in [5.74, 6) is 2.35. The summed E-state index contributed by atoms with van der Waals surface area (Å²) in [6.45, 7) is 6.30. The van der Waals surface area contributed by atoms with Crippen molar-refractivity contribution in [3.63, 3.8) is 0 Å². The fourth-order valence-electron chi connectivity index (χ4n) is 2.83. The zero-order chi connectivity index (χ0) is 18.7. The zero-order valence-electron chi connectivity index (χ0n) is 15.4. The third kappa shape index (κ3) is 5.08. The largest absolute Gasteiger partial charge is 0.444 e. The summed E-state index contributed by atoms with van der Waals surface area (Å²) < 4.78 is 6.83. The molecule has 1 aliphatic carbocycles. The van der Waals surface area contributed by atoms with E-state index in [4.69, 9.17) is 10.2 Å². The normalized spacial score (nSPS) is 20.9. The van der Waals surface area contributed by atoms with Gasteiger partial charge >= 0.3 is 0 Å². The van der Waals surface area contributed by atoms with E-state index in [2.05, 4.69) is 36.1 Å². The van der Waals surface area contributed by atoms with E-state index < -0.39 is 0 Å². The van der Waals surface area contributed by atoms with E-state index in [-0.39, 0.29) is 23.3 Å². The molecule has 8 heteroatoms. The number of nitrogens with two attached hydrogens (primary N) is 1. The first-order valence-electron chi connectivity index (χ1n) is 8.91. The Morgan fingerprint density at radius 2 is 2.04 bits per heavy atom. The molecule has 1 fully saturated rings. The minimum atomic E-state index is -0.0408. The third-order valence-corrected chi connectivity index (χ3v) is 6.58. The standard InChI is InChI=1S/C18H26N4O2S2/c1-18(2,3)13-8-20-14(24-13)10-25-15-9-21-17(26-15)22-16(23)11-4-6-12(19)7-5-11/h8-9,11-12H,4-7,10,19H2,1-3H3,(H,21,22,23)/t11-,12+. The van der Waals surface area contributed by atoms with Crippen molar-refractivity contribution in [2.75, 3.05) is 5.32 Å². The molecule has 6 nitrogen and oxygen atoms in total. The van der Waals surface area contributed by atoms with E-state index in [0.29, 0.717) is 16.8 Å². The van der Waals surface area contributed by atoms with Gasteiger partial charge in [-0.3, -0.25) is 4.79 Å². The van der Waals surface area contributed by atoms with E-state index in [1.807, 2.05) is 0 Å². The van der Waals surface area contributed by atoms with Crippen LogP contribution in [0.25, 0.3) is 0 Å². The van der Waals surface area contributed by atoms with Crippen molar-refractivity contribution in [3.8, 4) is 0 Å². The molecule has 0 bridgehead atoms. The maximum Gasteiger partial charge on any atom is 0.229 e. The molecule has 0 aliphatic heterocycles. The number of nitrogens with one attached hydrogen (secondary N) is 1. The Balaban J connectivity index is 1.50. The Bertz CT molecular complexity index is 742. The van der Waals surface area contributed by atoms with E-state index in [1.54, 1.807) is 24.2 Å². The Morgan fingerprint density at radius 1 is 1.31 bits per heavy atom. The molecule has 0 unspecified atom stereocenters. The van der Waals surface area contributed by atoms with Crippen LogP contribution < -0.4 is 11.1 Å². The topological polar surface area (TPSA) is 94.0 Å². The van der Waals surface area contributed by atoms with Crippen molar-refractivity contribution in [1.29, 1.82) is 0 Å². The van der Waals surface area contributed by atoms with E-state index in [9.17, 15) is 4.79 Å². The number of oxazole rings is 1. The van der Waals surface area contributed by atoms with Crippen LogP contribution in [-0.4, -0.2) is 21.9 Å². The molecular weight excluding hydrogens is 368 g/mol. The van der Waals surface area contributed by atoms with Crippen LogP contribution in [0.15, 0.2) is 21.0 Å². The second-order valence-corrected chi connectivity index (χ2v) is 10.0. The quantitative estimate of drug-likeness (QED) is 0.739. The Labute approximate surface area is 162 Å². The van der Waals surface area contributed by atoms with Gasteiger partial charge in [0.05, 0.1) is 22.4 Å². The molecule has 0 spiro atoms. The van der Waals surface area contributed by atoms with E-state index in [0.717, 1.165) is 35.7 Å². The van der Waals surface area contributed by atoms with Crippen LogP contribution in [0.1, 0.15) is 58.1 Å². The summed E-state index contributed by atoms with van der Waals surface area (Å²) in [7, 11) is 0. The van der Waals surface area contributed by atoms with E-state index in [1.165, 1.54) is 11.3 Å². The average Bonchev–Trinajstić information content (AvgIpc) is 3.22. The first kappa shape index (κ1) is 19.4. The smallest absolute Gasteiger partial charge is 0.229 e.